The Bertz CT molecular complexity index is 550. The second kappa shape index (κ2) is 5.18. The third kappa shape index (κ3) is 2.06. The van der Waals surface area contributed by atoms with Crippen molar-refractivity contribution in [2.24, 2.45) is 34.5 Å². The number of aliphatic hydroxyl groups excluding tert-OH is 1. The van der Waals surface area contributed by atoms with Crippen molar-refractivity contribution >= 4 is 5.78 Å². The van der Waals surface area contributed by atoms with E-state index in [1.54, 1.807) is 12.5 Å². The van der Waals surface area contributed by atoms with E-state index in [1.165, 1.54) is 38.5 Å². The first kappa shape index (κ1) is 15.9. The van der Waals surface area contributed by atoms with Crippen molar-refractivity contribution < 1.29 is 9.90 Å². The zero-order chi connectivity index (χ0) is 16.4. The van der Waals surface area contributed by atoms with Gasteiger partial charge in [-0.2, -0.15) is 0 Å². The Morgan fingerprint density at radius 1 is 1.13 bits per heavy atom. The molecule has 3 saturated carbocycles. The van der Waals surface area contributed by atoms with Crippen LogP contribution in [0.15, 0.2) is 11.6 Å². The molecule has 0 heterocycles. The SMILES string of the molecule is CC(=O)[C@H]1CC[C@H]2[C@@H]3[C@H](O)C=C4CCCC[C@]4(C)[C@H]3CC[C@]12C. The lowest BCUT2D eigenvalue weighted by Gasteiger charge is -2.58. The molecule has 7 atom stereocenters. The smallest absolute Gasteiger partial charge is 0.133 e. The van der Waals surface area contributed by atoms with Gasteiger partial charge in [-0.25, -0.2) is 0 Å². The Balaban J connectivity index is 1.73. The molecular weight excluding hydrogens is 284 g/mol. The average Bonchev–Trinajstić information content (AvgIpc) is 2.85. The highest BCUT2D eigenvalue weighted by atomic mass is 16.3. The lowest BCUT2D eigenvalue weighted by atomic mass is 9.47. The standard InChI is InChI=1S/C21H32O2/c1-13(22)15-7-8-16-19-17(9-11-21(15,16)3)20(2)10-5-4-6-14(20)12-18(19)23/h12,15-19,23H,4-11H2,1-3H3/t15-,16+,17+,18-,19+,20+,21-/m1/s1. The maximum absolute atomic E-state index is 12.2. The molecule has 23 heavy (non-hydrogen) atoms. The second-order valence-electron chi connectivity index (χ2n) is 9.38. The van der Waals surface area contributed by atoms with Crippen LogP contribution < -0.4 is 0 Å². The van der Waals surface area contributed by atoms with E-state index in [4.69, 9.17) is 0 Å². The van der Waals surface area contributed by atoms with Crippen LogP contribution in [0, 0.1) is 34.5 Å². The molecular formula is C21H32O2. The number of carbonyl (C=O) groups excluding carboxylic acids is 1. The maximum atomic E-state index is 12.2. The van der Waals surface area contributed by atoms with Crippen LogP contribution in [0.4, 0.5) is 0 Å². The first-order valence-corrected chi connectivity index (χ1v) is 9.77. The van der Waals surface area contributed by atoms with Crippen molar-refractivity contribution in [2.45, 2.75) is 78.2 Å². The number of hydrogen-bond acceptors (Lipinski definition) is 2. The van der Waals surface area contributed by atoms with E-state index in [0.29, 0.717) is 29.0 Å². The van der Waals surface area contributed by atoms with E-state index in [2.05, 4.69) is 19.9 Å². The maximum Gasteiger partial charge on any atom is 0.133 e. The number of rotatable bonds is 1. The molecule has 0 aromatic rings. The van der Waals surface area contributed by atoms with Gasteiger partial charge in [0.2, 0.25) is 0 Å². The molecule has 4 aliphatic carbocycles. The van der Waals surface area contributed by atoms with E-state index in [1.807, 2.05) is 0 Å². The Hall–Kier alpha value is -0.630. The summed E-state index contributed by atoms with van der Waals surface area (Å²) in [6.07, 6.45) is 11.6. The van der Waals surface area contributed by atoms with Crippen LogP contribution in [0.5, 0.6) is 0 Å². The molecule has 0 saturated heterocycles. The van der Waals surface area contributed by atoms with E-state index in [0.717, 1.165) is 12.8 Å². The number of ketones is 1. The summed E-state index contributed by atoms with van der Waals surface area (Å²) in [6, 6.07) is 0. The van der Waals surface area contributed by atoms with E-state index in [9.17, 15) is 9.90 Å². The minimum Gasteiger partial charge on any atom is -0.389 e. The van der Waals surface area contributed by atoms with Crippen LogP contribution in [0.2, 0.25) is 0 Å². The molecule has 0 aromatic heterocycles. The first-order valence-electron chi connectivity index (χ1n) is 9.77. The predicted octanol–water partition coefficient (Wildman–Crippen LogP) is 4.52. The summed E-state index contributed by atoms with van der Waals surface area (Å²) in [5.41, 5.74) is 1.99. The fraction of sp³-hybridized carbons (Fsp3) is 0.857. The molecule has 3 fully saturated rings. The molecule has 0 aliphatic heterocycles. The summed E-state index contributed by atoms with van der Waals surface area (Å²) >= 11 is 0. The van der Waals surface area contributed by atoms with Gasteiger partial charge in [-0.15, -0.1) is 0 Å². The zero-order valence-corrected chi connectivity index (χ0v) is 15.0. The Labute approximate surface area is 140 Å². The minimum absolute atomic E-state index is 0.129. The number of Topliss-reactive ketones (excluding diaryl/α,β-unsaturated/α-hetero) is 1. The van der Waals surface area contributed by atoms with Crippen molar-refractivity contribution in [1.82, 2.24) is 0 Å². The molecule has 128 valence electrons. The zero-order valence-electron chi connectivity index (χ0n) is 15.0. The van der Waals surface area contributed by atoms with Crippen molar-refractivity contribution in [3.8, 4) is 0 Å². The Morgan fingerprint density at radius 2 is 1.91 bits per heavy atom. The quantitative estimate of drug-likeness (QED) is 0.722. The third-order valence-corrected chi connectivity index (χ3v) is 8.53. The van der Waals surface area contributed by atoms with Crippen LogP contribution in [-0.2, 0) is 4.79 Å². The molecule has 0 aromatic carbocycles. The minimum atomic E-state index is -0.281. The third-order valence-electron chi connectivity index (χ3n) is 8.53. The molecule has 0 amide bonds. The van der Waals surface area contributed by atoms with Crippen LogP contribution in [0.1, 0.15) is 72.1 Å². The van der Waals surface area contributed by atoms with Gasteiger partial charge >= 0.3 is 0 Å². The number of aliphatic hydroxyl groups is 1. The van der Waals surface area contributed by atoms with E-state index >= 15 is 0 Å². The Morgan fingerprint density at radius 3 is 2.65 bits per heavy atom. The van der Waals surface area contributed by atoms with Crippen molar-refractivity contribution in [3.05, 3.63) is 11.6 Å². The molecule has 0 bridgehead atoms. The molecule has 2 nitrogen and oxygen atoms in total. The lowest BCUT2D eigenvalue weighted by molar-refractivity contribution is -0.130. The number of allylic oxidation sites excluding steroid dienone is 1. The monoisotopic (exact) mass is 316 g/mol. The number of carbonyl (C=O) groups is 1. The summed E-state index contributed by atoms with van der Waals surface area (Å²) in [6.45, 7) is 6.60. The van der Waals surface area contributed by atoms with Gasteiger partial charge in [-0.3, -0.25) is 4.79 Å². The molecule has 4 rings (SSSR count). The molecule has 0 spiro atoms. The second-order valence-corrected chi connectivity index (χ2v) is 9.38. The van der Waals surface area contributed by atoms with Gasteiger partial charge in [0.1, 0.15) is 5.78 Å². The van der Waals surface area contributed by atoms with Crippen molar-refractivity contribution in [2.75, 3.05) is 0 Å². The number of fused-ring (bicyclic) bond motifs is 5. The lowest BCUT2D eigenvalue weighted by Crippen LogP contribution is -2.54. The van der Waals surface area contributed by atoms with Crippen molar-refractivity contribution in [3.63, 3.8) is 0 Å². The highest BCUT2D eigenvalue weighted by molar-refractivity contribution is 5.79. The summed E-state index contributed by atoms with van der Waals surface area (Å²) in [5.74, 6) is 2.14. The van der Waals surface area contributed by atoms with Gasteiger partial charge in [0.05, 0.1) is 6.10 Å². The first-order chi connectivity index (χ1) is 10.9. The van der Waals surface area contributed by atoms with E-state index < -0.39 is 0 Å². The molecule has 0 unspecified atom stereocenters. The molecule has 0 radical (unpaired) electrons. The fourth-order valence-corrected chi connectivity index (χ4v) is 7.35. The summed E-state index contributed by atoms with van der Waals surface area (Å²) in [7, 11) is 0. The molecule has 1 N–H and O–H groups in total. The summed E-state index contributed by atoms with van der Waals surface area (Å²) in [4.78, 5) is 12.2. The largest absolute Gasteiger partial charge is 0.389 e. The van der Waals surface area contributed by atoms with Gasteiger partial charge in [-0.1, -0.05) is 31.9 Å². The topological polar surface area (TPSA) is 37.3 Å². The van der Waals surface area contributed by atoms with Gasteiger partial charge in [0, 0.05) is 5.92 Å². The van der Waals surface area contributed by atoms with Crippen LogP contribution in [0.3, 0.4) is 0 Å². The van der Waals surface area contributed by atoms with Gasteiger partial charge in [-0.05, 0) is 80.5 Å². The van der Waals surface area contributed by atoms with Crippen LogP contribution >= 0.6 is 0 Å². The Kier molecular flexibility index (Phi) is 3.58. The van der Waals surface area contributed by atoms with Gasteiger partial charge in [0.15, 0.2) is 0 Å². The molecule has 4 aliphatic rings. The molecule has 2 heteroatoms. The normalized spacial score (nSPS) is 52.2. The highest BCUT2D eigenvalue weighted by Gasteiger charge is 2.60. The average molecular weight is 316 g/mol. The number of hydrogen-bond donors (Lipinski definition) is 1. The summed E-state index contributed by atoms with van der Waals surface area (Å²) in [5, 5.41) is 11.0. The van der Waals surface area contributed by atoms with E-state index in [-0.39, 0.29) is 17.4 Å². The van der Waals surface area contributed by atoms with Gasteiger partial charge in [0.25, 0.3) is 0 Å². The summed E-state index contributed by atoms with van der Waals surface area (Å²) < 4.78 is 0. The van der Waals surface area contributed by atoms with Crippen LogP contribution in [-0.4, -0.2) is 17.0 Å². The predicted molar refractivity (Wildman–Crippen MR) is 91.9 cm³/mol. The highest BCUT2D eigenvalue weighted by Crippen LogP contribution is 2.66. The van der Waals surface area contributed by atoms with Crippen LogP contribution in [0.25, 0.3) is 0 Å². The fourth-order valence-electron chi connectivity index (χ4n) is 7.35. The van der Waals surface area contributed by atoms with Gasteiger partial charge < -0.3 is 5.11 Å². The van der Waals surface area contributed by atoms with Crippen molar-refractivity contribution in [1.29, 1.82) is 0 Å².